The highest BCUT2D eigenvalue weighted by Crippen LogP contribution is 2.41. The number of benzene rings is 1. The van der Waals surface area contributed by atoms with Gasteiger partial charge in [0.1, 0.15) is 6.23 Å². The minimum Gasteiger partial charge on any atom is -0.371 e. The second-order valence-corrected chi connectivity index (χ2v) is 6.20. The number of aryl methyl sites for hydroxylation is 1. The molecule has 5 heteroatoms. The van der Waals surface area contributed by atoms with Gasteiger partial charge in [0.05, 0.1) is 17.3 Å². The number of fused-ring (bicyclic) bond motifs is 1. The summed E-state index contributed by atoms with van der Waals surface area (Å²) >= 11 is 0. The van der Waals surface area contributed by atoms with Gasteiger partial charge in [-0.05, 0) is 49.8 Å². The smallest absolute Gasteiger partial charge is 0.222 e. The Labute approximate surface area is 122 Å². The molecule has 1 saturated heterocycles. The molecule has 1 amide bonds. The quantitative estimate of drug-likeness (QED) is 0.886. The highest BCUT2D eigenvalue weighted by molar-refractivity contribution is 5.83. The van der Waals surface area contributed by atoms with E-state index in [2.05, 4.69) is 28.6 Å². The van der Waals surface area contributed by atoms with Gasteiger partial charge < -0.3 is 10.4 Å². The number of aliphatic hydroxyl groups is 1. The molecule has 2 heterocycles. The van der Waals surface area contributed by atoms with Crippen molar-refractivity contribution >= 4 is 16.8 Å². The molecule has 4 rings (SSSR count). The van der Waals surface area contributed by atoms with Crippen LogP contribution in [0.15, 0.2) is 18.2 Å². The van der Waals surface area contributed by atoms with Gasteiger partial charge in [-0.15, -0.1) is 0 Å². The molecular weight excluding hydrogens is 266 g/mol. The van der Waals surface area contributed by atoms with Crippen LogP contribution < -0.4 is 5.32 Å². The predicted molar refractivity (Wildman–Crippen MR) is 78.9 cm³/mol. The Balaban J connectivity index is 1.76. The van der Waals surface area contributed by atoms with Gasteiger partial charge in [0.2, 0.25) is 5.91 Å². The van der Waals surface area contributed by atoms with E-state index in [4.69, 9.17) is 0 Å². The van der Waals surface area contributed by atoms with Crippen molar-refractivity contribution in [1.82, 2.24) is 15.1 Å². The van der Waals surface area contributed by atoms with Gasteiger partial charge in [0.15, 0.2) is 0 Å². The average molecular weight is 285 g/mol. The molecule has 2 N–H and O–H groups in total. The maximum atomic E-state index is 11.3. The number of aliphatic hydroxyl groups excluding tert-OH is 1. The molecule has 2 aliphatic rings. The summed E-state index contributed by atoms with van der Waals surface area (Å²) in [6.45, 7) is 2.00. The van der Waals surface area contributed by atoms with E-state index in [9.17, 15) is 9.90 Å². The normalized spacial score (nSPS) is 26.1. The number of aromatic nitrogens is 2. The summed E-state index contributed by atoms with van der Waals surface area (Å²) in [5, 5.41) is 18.5. The number of rotatable bonds is 2. The van der Waals surface area contributed by atoms with Crippen LogP contribution in [0.4, 0.5) is 0 Å². The molecule has 1 aromatic heterocycles. The van der Waals surface area contributed by atoms with Crippen molar-refractivity contribution in [2.24, 2.45) is 0 Å². The highest BCUT2D eigenvalue weighted by atomic mass is 16.3. The van der Waals surface area contributed by atoms with Crippen molar-refractivity contribution in [2.45, 2.75) is 50.8 Å². The number of piperidine rings is 1. The molecule has 1 aliphatic carbocycles. The summed E-state index contributed by atoms with van der Waals surface area (Å²) < 4.78 is 1.88. The van der Waals surface area contributed by atoms with Crippen LogP contribution in [0.2, 0.25) is 0 Å². The monoisotopic (exact) mass is 285 g/mol. The third-order valence-corrected chi connectivity index (χ3v) is 4.62. The van der Waals surface area contributed by atoms with Crippen LogP contribution in [-0.4, -0.2) is 27.0 Å². The lowest BCUT2D eigenvalue weighted by Crippen LogP contribution is -2.45. The first-order valence-electron chi connectivity index (χ1n) is 7.59. The van der Waals surface area contributed by atoms with Crippen molar-refractivity contribution in [3.05, 3.63) is 29.5 Å². The van der Waals surface area contributed by atoms with Crippen LogP contribution in [0.1, 0.15) is 48.9 Å². The zero-order valence-corrected chi connectivity index (χ0v) is 12.0. The van der Waals surface area contributed by atoms with Crippen LogP contribution >= 0.6 is 0 Å². The molecule has 5 nitrogen and oxygen atoms in total. The Morgan fingerprint density at radius 2 is 2.14 bits per heavy atom. The number of carbonyl (C=O) groups is 1. The second-order valence-electron chi connectivity index (χ2n) is 6.20. The van der Waals surface area contributed by atoms with Gasteiger partial charge in [-0.25, -0.2) is 0 Å². The minimum atomic E-state index is -0.864. The number of carbonyl (C=O) groups excluding carboxylic acids is 1. The molecule has 110 valence electrons. The van der Waals surface area contributed by atoms with Crippen LogP contribution in [-0.2, 0) is 4.79 Å². The summed E-state index contributed by atoms with van der Waals surface area (Å²) in [4.78, 5) is 11.3. The molecular formula is C16H19N3O2. The summed E-state index contributed by atoms with van der Waals surface area (Å²) in [6.07, 6.45) is 2.76. The van der Waals surface area contributed by atoms with Gasteiger partial charge in [-0.3, -0.25) is 9.48 Å². The first-order valence-corrected chi connectivity index (χ1v) is 7.59. The van der Waals surface area contributed by atoms with Crippen LogP contribution in [0.3, 0.4) is 0 Å². The van der Waals surface area contributed by atoms with E-state index in [-0.39, 0.29) is 11.9 Å². The largest absolute Gasteiger partial charge is 0.371 e. The highest BCUT2D eigenvalue weighted by Gasteiger charge is 2.31. The Morgan fingerprint density at radius 3 is 2.86 bits per heavy atom. The zero-order chi connectivity index (χ0) is 14.6. The molecule has 1 aliphatic heterocycles. The first kappa shape index (κ1) is 12.8. The summed E-state index contributed by atoms with van der Waals surface area (Å²) in [7, 11) is 0. The third kappa shape index (κ3) is 2.12. The van der Waals surface area contributed by atoms with Gasteiger partial charge >= 0.3 is 0 Å². The third-order valence-electron chi connectivity index (χ3n) is 4.62. The fourth-order valence-corrected chi connectivity index (χ4v) is 3.26. The lowest BCUT2D eigenvalue weighted by molar-refractivity contribution is -0.128. The molecule has 0 bridgehead atoms. The van der Waals surface area contributed by atoms with Crippen LogP contribution in [0, 0.1) is 6.92 Å². The number of hydrogen-bond acceptors (Lipinski definition) is 3. The number of nitrogens with one attached hydrogen (secondary N) is 1. The Hall–Kier alpha value is -1.88. The Kier molecular flexibility index (Phi) is 2.79. The molecule has 0 spiro atoms. The molecule has 2 unspecified atom stereocenters. The second kappa shape index (κ2) is 4.56. The molecule has 2 atom stereocenters. The van der Waals surface area contributed by atoms with E-state index in [1.807, 2.05) is 11.6 Å². The predicted octanol–water partition coefficient (Wildman–Crippen LogP) is 1.99. The van der Waals surface area contributed by atoms with Crippen molar-refractivity contribution in [3.8, 4) is 0 Å². The summed E-state index contributed by atoms with van der Waals surface area (Å²) in [5.74, 6) is 0.625. The fraction of sp³-hybridized carbons (Fsp3) is 0.500. The van der Waals surface area contributed by atoms with Crippen molar-refractivity contribution in [1.29, 1.82) is 0 Å². The van der Waals surface area contributed by atoms with Crippen LogP contribution in [0.5, 0.6) is 0 Å². The van der Waals surface area contributed by atoms with Gasteiger partial charge in [0.25, 0.3) is 0 Å². The molecule has 0 radical (unpaired) electrons. The van der Waals surface area contributed by atoms with Crippen molar-refractivity contribution in [3.63, 3.8) is 0 Å². The van der Waals surface area contributed by atoms with Gasteiger partial charge in [-0.2, -0.15) is 5.10 Å². The Morgan fingerprint density at radius 1 is 1.33 bits per heavy atom. The minimum absolute atomic E-state index is 0.0945. The maximum absolute atomic E-state index is 11.3. The number of nitrogens with zero attached hydrogens (tertiary/aromatic N) is 2. The van der Waals surface area contributed by atoms with Crippen LogP contribution in [0.25, 0.3) is 10.9 Å². The first-order chi connectivity index (χ1) is 10.1. The molecule has 21 heavy (non-hydrogen) atoms. The maximum Gasteiger partial charge on any atom is 0.222 e. The van der Waals surface area contributed by atoms with E-state index in [1.165, 1.54) is 18.4 Å². The standard InChI is InChI=1S/C16H19N3O2/c1-9-12-8-11(10-2-3-10)4-5-13(12)19(18-9)14-6-7-15(20)17-16(14)21/h4-5,8,10,14,16,21H,2-3,6-7H2,1H3,(H,17,20). The van der Waals surface area contributed by atoms with Gasteiger partial charge in [-0.1, -0.05) is 6.07 Å². The van der Waals surface area contributed by atoms with E-state index in [0.29, 0.717) is 12.8 Å². The summed E-state index contributed by atoms with van der Waals surface area (Å²) in [6, 6.07) is 6.32. The molecule has 2 fully saturated rings. The summed E-state index contributed by atoms with van der Waals surface area (Å²) in [5.41, 5.74) is 3.41. The molecule has 1 aromatic carbocycles. The van der Waals surface area contributed by atoms with E-state index in [1.54, 1.807) is 0 Å². The fourth-order valence-electron chi connectivity index (χ4n) is 3.26. The number of hydrogen-bond donors (Lipinski definition) is 2. The lowest BCUT2D eigenvalue weighted by atomic mass is 10.0. The van der Waals surface area contributed by atoms with E-state index < -0.39 is 6.23 Å². The lowest BCUT2D eigenvalue weighted by Gasteiger charge is -2.29. The topological polar surface area (TPSA) is 67.2 Å². The van der Waals surface area contributed by atoms with Crippen molar-refractivity contribution in [2.75, 3.05) is 0 Å². The van der Waals surface area contributed by atoms with Gasteiger partial charge in [0, 0.05) is 11.8 Å². The average Bonchev–Trinajstić information content (AvgIpc) is 3.25. The molecule has 1 saturated carbocycles. The number of amides is 1. The van der Waals surface area contributed by atoms with E-state index in [0.717, 1.165) is 22.5 Å². The SMILES string of the molecule is Cc1nn(C2CCC(=O)NC2O)c2ccc(C3CC3)cc12. The van der Waals surface area contributed by atoms with Crippen molar-refractivity contribution < 1.29 is 9.90 Å². The van der Waals surface area contributed by atoms with E-state index >= 15 is 0 Å². The molecule has 2 aromatic rings. The Bertz CT molecular complexity index is 718. The zero-order valence-electron chi connectivity index (χ0n) is 12.0.